The van der Waals surface area contributed by atoms with E-state index in [1.807, 2.05) is 103 Å². The lowest BCUT2D eigenvalue weighted by molar-refractivity contribution is 0.0941. The number of carbonyl (C=O) groups is 2. The van der Waals surface area contributed by atoms with Crippen molar-refractivity contribution in [3.05, 3.63) is 156 Å². The number of amides is 2. The first-order valence-corrected chi connectivity index (χ1v) is 14.5. The van der Waals surface area contributed by atoms with Crippen LogP contribution in [-0.4, -0.2) is 28.4 Å². The average Bonchev–Trinajstić information content (AvgIpc) is 3.56. The maximum Gasteiger partial charge on any atom is 0.256 e. The molecule has 0 radical (unpaired) electrons. The van der Waals surface area contributed by atoms with Gasteiger partial charge in [0.05, 0.1) is 29.4 Å². The highest BCUT2D eigenvalue weighted by molar-refractivity contribution is 6.09. The van der Waals surface area contributed by atoms with Gasteiger partial charge in [0.25, 0.3) is 11.8 Å². The van der Waals surface area contributed by atoms with Gasteiger partial charge in [-0.3, -0.25) is 19.6 Å². The van der Waals surface area contributed by atoms with E-state index in [0.717, 1.165) is 45.5 Å². The van der Waals surface area contributed by atoms with Gasteiger partial charge in [-0.25, -0.2) is 0 Å². The number of aromatic nitrogens is 2. The maximum atomic E-state index is 13.4. The third-order valence-electron chi connectivity index (χ3n) is 7.77. The molecule has 0 bridgehead atoms. The largest absolute Gasteiger partial charge is 0.493 e. The number of anilines is 1. The Morgan fingerprint density at radius 2 is 1.61 bits per heavy atom. The molecule has 7 nitrogen and oxygen atoms in total. The number of ether oxygens (including phenoxy) is 1. The molecule has 1 aliphatic heterocycles. The Hall–Kier alpha value is -5.82. The van der Waals surface area contributed by atoms with E-state index in [2.05, 4.69) is 26.7 Å². The van der Waals surface area contributed by atoms with Crippen molar-refractivity contribution in [2.24, 2.45) is 0 Å². The Bertz CT molecular complexity index is 1950. The van der Waals surface area contributed by atoms with Crippen LogP contribution in [0.2, 0.25) is 0 Å². The lowest BCUT2D eigenvalue weighted by Crippen LogP contribution is -2.30. The minimum atomic E-state index is -0.411. The lowest BCUT2D eigenvalue weighted by atomic mass is 9.97. The molecule has 44 heavy (non-hydrogen) atoms. The van der Waals surface area contributed by atoms with E-state index in [0.29, 0.717) is 28.9 Å². The SMILES string of the molecule is O=C(NC(c1ccccc1)c1ccccn1)c1cnc2cc(NC(=O)c3ccccc3-c3ccc4c(c3)CCO4)ccc2c1. The zero-order valence-electron chi connectivity index (χ0n) is 23.7. The van der Waals surface area contributed by atoms with Gasteiger partial charge in [0, 0.05) is 35.5 Å². The third-order valence-corrected chi connectivity index (χ3v) is 7.77. The number of benzene rings is 4. The predicted octanol–water partition coefficient (Wildman–Crippen LogP) is 7.00. The van der Waals surface area contributed by atoms with Gasteiger partial charge in [0.15, 0.2) is 0 Å². The molecule has 0 aliphatic carbocycles. The molecule has 3 heterocycles. The highest BCUT2D eigenvalue weighted by Crippen LogP contribution is 2.32. The molecule has 1 unspecified atom stereocenters. The van der Waals surface area contributed by atoms with Crippen LogP contribution in [0.3, 0.4) is 0 Å². The summed E-state index contributed by atoms with van der Waals surface area (Å²) < 4.78 is 5.65. The van der Waals surface area contributed by atoms with Crippen LogP contribution in [0, 0.1) is 0 Å². The van der Waals surface area contributed by atoms with Crippen molar-refractivity contribution < 1.29 is 14.3 Å². The summed E-state index contributed by atoms with van der Waals surface area (Å²) in [5, 5.41) is 6.92. The first-order chi connectivity index (χ1) is 21.6. The Morgan fingerprint density at radius 1 is 0.773 bits per heavy atom. The smallest absolute Gasteiger partial charge is 0.256 e. The summed E-state index contributed by atoms with van der Waals surface area (Å²) in [6, 6.07) is 35.9. The van der Waals surface area contributed by atoms with Crippen molar-refractivity contribution in [2.45, 2.75) is 12.5 Å². The van der Waals surface area contributed by atoms with E-state index in [4.69, 9.17) is 4.74 Å². The fourth-order valence-corrected chi connectivity index (χ4v) is 5.54. The lowest BCUT2D eigenvalue weighted by Gasteiger charge is -2.19. The van der Waals surface area contributed by atoms with Crippen molar-refractivity contribution in [2.75, 3.05) is 11.9 Å². The van der Waals surface area contributed by atoms with E-state index in [1.54, 1.807) is 18.5 Å². The van der Waals surface area contributed by atoms with Crippen molar-refractivity contribution >= 4 is 28.4 Å². The zero-order valence-corrected chi connectivity index (χ0v) is 23.7. The summed E-state index contributed by atoms with van der Waals surface area (Å²) in [4.78, 5) is 35.9. The zero-order chi connectivity index (χ0) is 29.9. The van der Waals surface area contributed by atoms with Crippen LogP contribution in [0.4, 0.5) is 5.69 Å². The molecule has 0 saturated heterocycles. The molecule has 1 aliphatic rings. The molecule has 2 amide bonds. The molecule has 0 spiro atoms. The first-order valence-electron chi connectivity index (χ1n) is 14.5. The molecule has 1 atom stereocenters. The van der Waals surface area contributed by atoms with Gasteiger partial charge in [0.1, 0.15) is 5.75 Å². The maximum absolute atomic E-state index is 13.4. The van der Waals surface area contributed by atoms with Gasteiger partial charge in [-0.1, -0.05) is 66.7 Å². The number of hydrogen-bond acceptors (Lipinski definition) is 5. The minimum absolute atomic E-state index is 0.214. The molecule has 6 aromatic rings. The molecule has 7 heteroatoms. The van der Waals surface area contributed by atoms with Gasteiger partial charge in [-0.2, -0.15) is 0 Å². The second kappa shape index (κ2) is 11.8. The molecular weight excluding hydrogens is 548 g/mol. The van der Waals surface area contributed by atoms with Gasteiger partial charge in [-0.05, 0) is 70.8 Å². The van der Waals surface area contributed by atoms with Crippen molar-refractivity contribution in [3.63, 3.8) is 0 Å². The summed E-state index contributed by atoms with van der Waals surface area (Å²) >= 11 is 0. The van der Waals surface area contributed by atoms with Crippen molar-refractivity contribution in [3.8, 4) is 16.9 Å². The average molecular weight is 577 g/mol. The summed E-state index contributed by atoms with van der Waals surface area (Å²) in [5.74, 6) is 0.435. The number of nitrogens with one attached hydrogen (secondary N) is 2. The summed E-state index contributed by atoms with van der Waals surface area (Å²) in [6.07, 6.45) is 4.13. The van der Waals surface area contributed by atoms with Crippen LogP contribution in [0.15, 0.2) is 128 Å². The Morgan fingerprint density at radius 3 is 2.48 bits per heavy atom. The Kier molecular flexibility index (Phi) is 7.26. The molecule has 214 valence electrons. The van der Waals surface area contributed by atoms with Gasteiger partial charge in [0.2, 0.25) is 0 Å². The topological polar surface area (TPSA) is 93.2 Å². The number of carbonyl (C=O) groups excluding carboxylic acids is 2. The highest BCUT2D eigenvalue weighted by atomic mass is 16.5. The van der Waals surface area contributed by atoms with Crippen LogP contribution < -0.4 is 15.4 Å². The van der Waals surface area contributed by atoms with E-state index in [9.17, 15) is 9.59 Å². The van der Waals surface area contributed by atoms with Gasteiger partial charge >= 0.3 is 0 Å². The molecule has 0 saturated carbocycles. The van der Waals surface area contributed by atoms with Crippen LogP contribution in [0.5, 0.6) is 5.75 Å². The minimum Gasteiger partial charge on any atom is -0.493 e. The van der Waals surface area contributed by atoms with E-state index in [1.165, 1.54) is 0 Å². The van der Waals surface area contributed by atoms with Gasteiger partial charge < -0.3 is 15.4 Å². The Labute approximate surface area is 254 Å². The summed E-state index contributed by atoms with van der Waals surface area (Å²) in [6.45, 7) is 0.683. The standard InChI is InChI=1S/C37H28N4O3/c42-36(41-35(24-8-2-1-3-9-24)32-12-6-7-18-38-32)28-21-26-13-15-29(22-33(26)39-23-28)40-37(43)31-11-5-4-10-30(31)25-14-16-34-27(20-25)17-19-44-34/h1-16,18,20-23,35H,17,19H2,(H,40,43)(H,41,42). The van der Waals surface area contributed by atoms with Crippen molar-refractivity contribution in [1.82, 2.24) is 15.3 Å². The van der Waals surface area contributed by atoms with E-state index >= 15 is 0 Å². The fourth-order valence-electron chi connectivity index (χ4n) is 5.54. The summed E-state index contributed by atoms with van der Waals surface area (Å²) in [7, 11) is 0. The molecule has 2 N–H and O–H groups in total. The van der Waals surface area contributed by atoms with E-state index < -0.39 is 6.04 Å². The molecular formula is C37H28N4O3. The highest BCUT2D eigenvalue weighted by Gasteiger charge is 2.20. The van der Waals surface area contributed by atoms with Crippen LogP contribution in [0.1, 0.15) is 43.6 Å². The quantitative estimate of drug-likeness (QED) is 0.213. The second-order valence-electron chi connectivity index (χ2n) is 10.6. The predicted molar refractivity (Wildman–Crippen MR) is 171 cm³/mol. The van der Waals surface area contributed by atoms with Crippen molar-refractivity contribution in [1.29, 1.82) is 0 Å². The third kappa shape index (κ3) is 5.51. The second-order valence-corrected chi connectivity index (χ2v) is 10.6. The Balaban J connectivity index is 1.10. The number of pyridine rings is 2. The number of rotatable bonds is 7. The first kappa shape index (κ1) is 27.0. The monoisotopic (exact) mass is 576 g/mol. The molecule has 2 aromatic heterocycles. The molecule has 0 fully saturated rings. The number of hydrogen-bond donors (Lipinski definition) is 2. The molecule has 4 aromatic carbocycles. The molecule has 7 rings (SSSR count). The van der Waals surface area contributed by atoms with Gasteiger partial charge in [-0.15, -0.1) is 0 Å². The normalized spacial score (nSPS) is 12.6. The summed E-state index contributed by atoms with van der Waals surface area (Å²) in [5.41, 5.74) is 6.94. The number of nitrogens with zero attached hydrogens (tertiary/aromatic N) is 2. The fraction of sp³-hybridized carbons (Fsp3) is 0.0811. The van der Waals surface area contributed by atoms with Crippen LogP contribution >= 0.6 is 0 Å². The number of fused-ring (bicyclic) bond motifs is 2. The van der Waals surface area contributed by atoms with E-state index in [-0.39, 0.29) is 11.8 Å². The van der Waals surface area contributed by atoms with Crippen LogP contribution in [0.25, 0.3) is 22.0 Å². The van der Waals surface area contributed by atoms with Crippen LogP contribution in [-0.2, 0) is 6.42 Å².